The summed E-state index contributed by atoms with van der Waals surface area (Å²) in [6.07, 6.45) is 6.04. The molecule has 1 saturated heterocycles. The van der Waals surface area contributed by atoms with Gasteiger partial charge in [0.1, 0.15) is 6.10 Å². The van der Waals surface area contributed by atoms with Gasteiger partial charge in [-0.15, -0.1) is 0 Å². The molecule has 3 rings (SSSR count). The van der Waals surface area contributed by atoms with E-state index in [1.54, 1.807) is 0 Å². The van der Waals surface area contributed by atoms with E-state index >= 15 is 0 Å². The Morgan fingerprint density at radius 2 is 1.82 bits per heavy atom. The van der Waals surface area contributed by atoms with Crippen LogP contribution in [0, 0.1) is 0 Å². The zero-order chi connectivity index (χ0) is 11.7. The average Bonchev–Trinajstić information content (AvgIpc) is 2.76. The lowest BCUT2D eigenvalue weighted by atomic mass is 9.96. The molecule has 6 heteroatoms. The van der Waals surface area contributed by atoms with Crippen molar-refractivity contribution in [1.29, 1.82) is 0 Å². The Morgan fingerprint density at radius 1 is 1.06 bits per heavy atom. The van der Waals surface area contributed by atoms with Crippen molar-refractivity contribution in [2.75, 3.05) is 23.7 Å². The van der Waals surface area contributed by atoms with E-state index in [9.17, 15) is 0 Å². The lowest BCUT2D eigenvalue weighted by molar-refractivity contribution is 0.108. The number of ether oxygens (including phenoxy) is 1. The second kappa shape index (κ2) is 4.35. The van der Waals surface area contributed by atoms with Crippen LogP contribution in [0.1, 0.15) is 32.1 Å². The number of hydrogen-bond donors (Lipinski definition) is 1. The van der Waals surface area contributed by atoms with E-state index in [-0.39, 0.29) is 12.1 Å². The van der Waals surface area contributed by atoms with Crippen molar-refractivity contribution in [3.8, 4) is 6.01 Å². The normalized spacial score (nSPS) is 20.4. The second-order valence-corrected chi connectivity index (χ2v) is 4.64. The number of aromatic nitrogens is 3. The van der Waals surface area contributed by atoms with E-state index in [4.69, 9.17) is 10.5 Å². The third-order valence-electron chi connectivity index (χ3n) is 3.33. The fourth-order valence-electron chi connectivity index (χ4n) is 2.11. The lowest BCUT2D eigenvalue weighted by Gasteiger charge is -2.25. The third kappa shape index (κ3) is 2.25. The lowest BCUT2D eigenvalue weighted by Crippen LogP contribution is -2.27. The van der Waals surface area contributed by atoms with Gasteiger partial charge in [0.05, 0.1) is 0 Å². The Bertz CT molecular complexity index is 401. The summed E-state index contributed by atoms with van der Waals surface area (Å²) in [7, 11) is 0. The molecular formula is C11H17N5O. The Balaban J connectivity index is 1.78. The smallest absolute Gasteiger partial charge is 0.323 e. The van der Waals surface area contributed by atoms with Crippen LogP contribution in [0.15, 0.2) is 0 Å². The van der Waals surface area contributed by atoms with Gasteiger partial charge in [0, 0.05) is 13.1 Å². The summed E-state index contributed by atoms with van der Waals surface area (Å²) in [5.41, 5.74) is 5.69. The van der Waals surface area contributed by atoms with E-state index < -0.39 is 0 Å². The molecule has 0 atom stereocenters. The van der Waals surface area contributed by atoms with Crippen molar-refractivity contribution < 1.29 is 4.74 Å². The maximum atomic E-state index is 5.69. The van der Waals surface area contributed by atoms with Crippen LogP contribution in [0.4, 0.5) is 11.9 Å². The molecule has 1 saturated carbocycles. The molecule has 0 unspecified atom stereocenters. The molecule has 0 amide bonds. The Labute approximate surface area is 100 Å². The molecule has 2 aliphatic rings. The van der Waals surface area contributed by atoms with Crippen molar-refractivity contribution >= 4 is 11.9 Å². The summed E-state index contributed by atoms with van der Waals surface area (Å²) < 4.78 is 5.66. The average molecular weight is 235 g/mol. The first-order valence-corrected chi connectivity index (χ1v) is 6.24. The van der Waals surface area contributed by atoms with E-state index in [2.05, 4.69) is 19.9 Å². The minimum atomic E-state index is 0.247. The molecule has 1 aromatic rings. The van der Waals surface area contributed by atoms with Crippen LogP contribution in [0.5, 0.6) is 6.01 Å². The number of hydrogen-bond acceptors (Lipinski definition) is 6. The van der Waals surface area contributed by atoms with Crippen molar-refractivity contribution in [3.05, 3.63) is 0 Å². The van der Waals surface area contributed by atoms with Gasteiger partial charge in [0.2, 0.25) is 11.9 Å². The van der Waals surface area contributed by atoms with Crippen LogP contribution in [0.25, 0.3) is 0 Å². The highest BCUT2D eigenvalue weighted by atomic mass is 16.5. The highest BCUT2D eigenvalue weighted by Gasteiger charge is 2.22. The fraction of sp³-hybridized carbons (Fsp3) is 0.727. The van der Waals surface area contributed by atoms with Crippen LogP contribution in [0.2, 0.25) is 0 Å². The largest absolute Gasteiger partial charge is 0.460 e. The van der Waals surface area contributed by atoms with Crippen LogP contribution in [-0.4, -0.2) is 34.1 Å². The molecule has 1 aromatic heterocycles. The van der Waals surface area contributed by atoms with Gasteiger partial charge in [-0.2, -0.15) is 15.0 Å². The number of nitrogens with two attached hydrogens (primary N) is 1. The number of nitrogen functional groups attached to an aromatic ring is 1. The molecule has 2 N–H and O–H groups in total. The zero-order valence-electron chi connectivity index (χ0n) is 9.80. The molecule has 0 bridgehead atoms. The molecule has 0 aromatic carbocycles. The van der Waals surface area contributed by atoms with E-state index in [0.717, 1.165) is 25.9 Å². The van der Waals surface area contributed by atoms with E-state index in [1.165, 1.54) is 19.3 Å². The first-order chi connectivity index (χ1) is 8.31. The quantitative estimate of drug-likeness (QED) is 0.841. The SMILES string of the molecule is Nc1nc(OC2CCC2)nc(N2CCCC2)n1. The summed E-state index contributed by atoms with van der Waals surface area (Å²) in [6, 6.07) is 0.379. The standard InChI is InChI=1S/C11H17N5O/c12-9-13-10(16-6-1-2-7-16)15-11(14-9)17-8-4-3-5-8/h8H,1-7H2,(H2,12,13,14,15). The van der Waals surface area contributed by atoms with Crippen molar-refractivity contribution in [2.45, 2.75) is 38.2 Å². The summed E-state index contributed by atoms with van der Waals surface area (Å²) in [6.45, 7) is 1.98. The molecule has 0 radical (unpaired) electrons. The second-order valence-electron chi connectivity index (χ2n) is 4.64. The highest BCUT2D eigenvalue weighted by molar-refractivity contribution is 5.36. The van der Waals surface area contributed by atoms with Crippen LogP contribution >= 0.6 is 0 Å². The van der Waals surface area contributed by atoms with Crippen LogP contribution < -0.4 is 15.4 Å². The van der Waals surface area contributed by atoms with Gasteiger partial charge in [-0.3, -0.25) is 0 Å². The van der Waals surface area contributed by atoms with Gasteiger partial charge in [0.25, 0.3) is 0 Å². The van der Waals surface area contributed by atoms with Gasteiger partial charge >= 0.3 is 6.01 Å². The van der Waals surface area contributed by atoms with Gasteiger partial charge in [-0.1, -0.05) is 0 Å². The summed E-state index contributed by atoms with van der Waals surface area (Å²) in [4.78, 5) is 14.7. The minimum absolute atomic E-state index is 0.247. The summed E-state index contributed by atoms with van der Waals surface area (Å²) in [5.74, 6) is 0.903. The topological polar surface area (TPSA) is 77.2 Å². The molecule has 17 heavy (non-hydrogen) atoms. The van der Waals surface area contributed by atoms with Crippen LogP contribution in [-0.2, 0) is 0 Å². The molecule has 1 aliphatic heterocycles. The van der Waals surface area contributed by atoms with Crippen molar-refractivity contribution in [3.63, 3.8) is 0 Å². The van der Waals surface area contributed by atoms with Crippen LogP contribution in [0.3, 0.4) is 0 Å². The summed E-state index contributed by atoms with van der Waals surface area (Å²) in [5, 5.41) is 0. The van der Waals surface area contributed by atoms with E-state index in [1.807, 2.05) is 0 Å². The van der Waals surface area contributed by atoms with Gasteiger partial charge in [0.15, 0.2) is 0 Å². The number of nitrogens with zero attached hydrogens (tertiary/aromatic N) is 4. The molecule has 2 fully saturated rings. The summed E-state index contributed by atoms with van der Waals surface area (Å²) >= 11 is 0. The van der Waals surface area contributed by atoms with Gasteiger partial charge < -0.3 is 15.4 Å². The maximum absolute atomic E-state index is 5.69. The third-order valence-corrected chi connectivity index (χ3v) is 3.33. The minimum Gasteiger partial charge on any atom is -0.460 e. The zero-order valence-corrected chi connectivity index (χ0v) is 9.80. The predicted molar refractivity (Wildman–Crippen MR) is 64.0 cm³/mol. The Hall–Kier alpha value is -1.59. The maximum Gasteiger partial charge on any atom is 0.323 e. The monoisotopic (exact) mass is 235 g/mol. The first-order valence-electron chi connectivity index (χ1n) is 6.24. The predicted octanol–water partition coefficient (Wildman–Crippen LogP) is 0.985. The molecular weight excluding hydrogens is 218 g/mol. The van der Waals surface area contributed by atoms with E-state index in [0.29, 0.717) is 12.0 Å². The molecule has 6 nitrogen and oxygen atoms in total. The Morgan fingerprint density at radius 3 is 2.47 bits per heavy atom. The molecule has 0 spiro atoms. The van der Waals surface area contributed by atoms with Gasteiger partial charge in [-0.05, 0) is 32.1 Å². The Kier molecular flexibility index (Phi) is 2.70. The van der Waals surface area contributed by atoms with Gasteiger partial charge in [-0.25, -0.2) is 0 Å². The molecule has 92 valence electrons. The number of anilines is 2. The molecule has 1 aliphatic carbocycles. The van der Waals surface area contributed by atoms with Crippen molar-refractivity contribution in [2.24, 2.45) is 0 Å². The molecule has 2 heterocycles. The number of rotatable bonds is 3. The highest BCUT2D eigenvalue weighted by Crippen LogP contribution is 2.25. The van der Waals surface area contributed by atoms with Crippen molar-refractivity contribution in [1.82, 2.24) is 15.0 Å². The fourth-order valence-corrected chi connectivity index (χ4v) is 2.11. The first kappa shape index (κ1) is 10.6.